The Bertz CT molecular complexity index is 735. The molecule has 0 fully saturated rings. The standard InChI is InChI=1S/C21H25BrO6/c1-4-26-18(23)15-11-12-21(19(24)27-5-2,20(25)28-6-3)17(13-15)14-7-9-16(22)10-8-14/h7-11,17H,4-6,12-13H2,1-3H3. The van der Waals surface area contributed by atoms with Crippen LogP contribution in [0.15, 0.2) is 40.4 Å². The normalized spacial score (nSPS) is 18.0. The Labute approximate surface area is 173 Å². The van der Waals surface area contributed by atoms with Crippen molar-refractivity contribution in [1.29, 1.82) is 0 Å². The van der Waals surface area contributed by atoms with Crippen LogP contribution in [0, 0.1) is 5.41 Å². The minimum Gasteiger partial charge on any atom is -0.465 e. The van der Waals surface area contributed by atoms with Gasteiger partial charge in [-0.3, -0.25) is 9.59 Å². The lowest BCUT2D eigenvalue weighted by atomic mass is 9.64. The van der Waals surface area contributed by atoms with E-state index in [1.807, 2.05) is 24.3 Å². The van der Waals surface area contributed by atoms with Gasteiger partial charge in [0.25, 0.3) is 0 Å². The number of halogens is 1. The first kappa shape index (κ1) is 22.1. The van der Waals surface area contributed by atoms with Gasteiger partial charge in [0.15, 0.2) is 5.41 Å². The van der Waals surface area contributed by atoms with Crippen molar-refractivity contribution >= 4 is 33.8 Å². The highest BCUT2D eigenvalue weighted by atomic mass is 79.9. The fraction of sp³-hybridized carbons (Fsp3) is 0.476. The van der Waals surface area contributed by atoms with E-state index in [0.29, 0.717) is 5.57 Å². The average molecular weight is 453 g/mol. The molecule has 0 radical (unpaired) electrons. The molecular weight excluding hydrogens is 428 g/mol. The lowest BCUT2D eigenvalue weighted by molar-refractivity contribution is -0.175. The predicted octanol–water partition coefficient (Wildman–Crippen LogP) is 3.93. The third-order valence-electron chi connectivity index (χ3n) is 4.78. The molecule has 0 heterocycles. The summed E-state index contributed by atoms with van der Waals surface area (Å²) in [7, 11) is 0. The van der Waals surface area contributed by atoms with E-state index in [2.05, 4.69) is 15.9 Å². The fourth-order valence-electron chi connectivity index (χ4n) is 3.45. The number of carbonyl (C=O) groups is 3. The second-order valence-corrected chi connectivity index (χ2v) is 7.29. The summed E-state index contributed by atoms with van der Waals surface area (Å²) < 4.78 is 16.5. The molecular formula is C21H25BrO6. The molecule has 0 spiro atoms. The van der Waals surface area contributed by atoms with Gasteiger partial charge in [-0.25, -0.2) is 4.79 Å². The number of ether oxygens (including phenoxy) is 3. The van der Waals surface area contributed by atoms with Crippen LogP contribution < -0.4 is 0 Å². The Morgan fingerprint density at radius 1 is 0.964 bits per heavy atom. The minimum absolute atomic E-state index is 0.0134. The van der Waals surface area contributed by atoms with Gasteiger partial charge in [0, 0.05) is 16.0 Å². The highest BCUT2D eigenvalue weighted by Gasteiger charge is 2.56. The molecule has 0 bridgehead atoms. The van der Waals surface area contributed by atoms with E-state index in [9.17, 15) is 14.4 Å². The Balaban J connectivity index is 2.59. The van der Waals surface area contributed by atoms with E-state index >= 15 is 0 Å². The average Bonchev–Trinajstić information content (AvgIpc) is 2.68. The van der Waals surface area contributed by atoms with Crippen molar-refractivity contribution in [2.24, 2.45) is 5.41 Å². The summed E-state index contributed by atoms with van der Waals surface area (Å²) in [6, 6.07) is 7.32. The number of carbonyl (C=O) groups excluding carboxylic acids is 3. The maximum atomic E-state index is 13.0. The Morgan fingerprint density at radius 3 is 2.00 bits per heavy atom. The van der Waals surface area contributed by atoms with Gasteiger partial charge in [-0.15, -0.1) is 0 Å². The molecule has 0 N–H and O–H groups in total. The van der Waals surface area contributed by atoms with Crippen molar-refractivity contribution in [3.05, 3.63) is 46.0 Å². The number of hydrogen-bond donors (Lipinski definition) is 0. The van der Waals surface area contributed by atoms with Gasteiger partial charge in [0.1, 0.15) is 0 Å². The lowest BCUT2D eigenvalue weighted by Crippen LogP contribution is -2.48. The van der Waals surface area contributed by atoms with Crippen molar-refractivity contribution < 1.29 is 28.6 Å². The smallest absolute Gasteiger partial charge is 0.333 e. The van der Waals surface area contributed by atoms with Crippen molar-refractivity contribution in [3.8, 4) is 0 Å². The number of benzene rings is 1. The number of rotatable bonds is 7. The number of esters is 3. The predicted molar refractivity (Wildman–Crippen MR) is 107 cm³/mol. The van der Waals surface area contributed by atoms with E-state index in [1.165, 1.54) is 0 Å². The highest BCUT2D eigenvalue weighted by molar-refractivity contribution is 9.10. The molecule has 6 nitrogen and oxygen atoms in total. The van der Waals surface area contributed by atoms with E-state index < -0.39 is 29.2 Å². The van der Waals surface area contributed by atoms with Gasteiger partial charge in [0.2, 0.25) is 0 Å². The van der Waals surface area contributed by atoms with E-state index in [4.69, 9.17) is 14.2 Å². The van der Waals surface area contributed by atoms with Crippen LogP contribution in [0.3, 0.4) is 0 Å². The van der Waals surface area contributed by atoms with Crippen LogP contribution in [0.1, 0.15) is 45.1 Å². The van der Waals surface area contributed by atoms with E-state index in [0.717, 1.165) is 10.0 Å². The van der Waals surface area contributed by atoms with Crippen LogP contribution in [-0.4, -0.2) is 37.7 Å². The van der Waals surface area contributed by atoms with Crippen molar-refractivity contribution in [3.63, 3.8) is 0 Å². The Morgan fingerprint density at radius 2 is 1.50 bits per heavy atom. The van der Waals surface area contributed by atoms with Crippen molar-refractivity contribution in [1.82, 2.24) is 0 Å². The van der Waals surface area contributed by atoms with Crippen LogP contribution in [0.5, 0.6) is 0 Å². The second kappa shape index (κ2) is 9.87. The summed E-state index contributed by atoms with van der Waals surface area (Å²) in [6.07, 6.45) is 1.79. The highest BCUT2D eigenvalue weighted by Crippen LogP contribution is 2.49. The quantitative estimate of drug-likeness (QED) is 0.354. The summed E-state index contributed by atoms with van der Waals surface area (Å²) >= 11 is 3.39. The molecule has 0 aromatic heterocycles. The van der Waals surface area contributed by atoms with Crippen LogP contribution in [0.4, 0.5) is 0 Å². The van der Waals surface area contributed by atoms with Gasteiger partial charge >= 0.3 is 17.9 Å². The minimum atomic E-state index is -1.55. The van der Waals surface area contributed by atoms with Crippen LogP contribution in [0.2, 0.25) is 0 Å². The molecule has 1 atom stereocenters. The van der Waals surface area contributed by atoms with Gasteiger partial charge < -0.3 is 14.2 Å². The molecule has 0 amide bonds. The second-order valence-electron chi connectivity index (χ2n) is 6.37. The molecule has 1 aliphatic carbocycles. The summed E-state index contributed by atoms with van der Waals surface area (Å²) in [5.41, 5.74) is -0.353. The summed E-state index contributed by atoms with van der Waals surface area (Å²) in [4.78, 5) is 38.3. The molecule has 0 aliphatic heterocycles. The largest absolute Gasteiger partial charge is 0.465 e. The molecule has 1 aromatic rings. The first-order valence-corrected chi connectivity index (χ1v) is 10.2. The molecule has 2 rings (SSSR count). The molecule has 0 saturated carbocycles. The molecule has 7 heteroatoms. The maximum Gasteiger partial charge on any atom is 0.333 e. The number of hydrogen-bond acceptors (Lipinski definition) is 6. The fourth-order valence-corrected chi connectivity index (χ4v) is 3.71. The first-order chi connectivity index (χ1) is 13.4. The van der Waals surface area contributed by atoms with Gasteiger partial charge in [0.05, 0.1) is 19.8 Å². The third-order valence-corrected chi connectivity index (χ3v) is 5.31. The molecule has 0 saturated heterocycles. The zero-order valence-electron chi connectivity index (χ0n) is 16.3. The van der Waals surface area contributed by atoms with Gasteiger partial charge in [-0.2, -0.15) is 0 Å². The molecule has 1 aliphatic rings. The third kappa shape index (κ3) is 4.46. The van der Waals surface area contributed by atoms with Gasteiger partial charge in [-0.05, 0) is 51.3 Å². The van der Waals surface area contributed by atoms with Crippen LogP contribution >= 0.6 is 15.9 Å². The molecule has 152 valence electrons. The summed E-state index contributed by atoms with van der Waals surface area (Å²) in [5, 5.41) is 0. The van der Waals surface area contributed by atoms with E-state index in [-0.39, 0.29) is 32.7 Å². The molecule has 28 heavy (non-hydrogen) atoms. The van der Waals surface area contributed by atoms with Crippen molar-refractivity contribution in [2.45, 2.75) is 39.5 Å². The summed E-state index contributed by atoms with van der Waals surface area (Å²) in [6.45, 7) is 5.64. The Kier molecular flexibility index (Phi) is 7.80. The van der Waals surface area contributed by atoms with E-state index in [1.54, 1.807) is 26.8 Å². The topological polar surface area (TPSA) is 78.9 Å². The van der Waals surface area contributed by atoms with Crippen LogP contribution in [-0.2, 0) is 28.6 Å². The molecule has 1 aromatic carbocycles. The van der Waals surface area contributed by atoms with Gasteiger partial charge in [-0.1, -0.05) is 34.1 Å². The zero-order valence-corrected chi connectivity index (χ0v) is 17.9. The van der Waals surface area contributed by atoms with Crippen LogP contribution in [0.25, 0.3) is 0 Å². The zero-order chi connectivity index (χ0) is 20.7. The number of allylic oxidation sites excluding steroid dienone is 1. The molecule has 1 unspecified atom stereocenters. The Hall–Kier alpha value is -2.15. The SMILES string of the molecule is CCOC(=O)C1=CCC(C(=O)OCC)(C(=O)OCC)C(c2ccc(Br)cc2)C1. The first-order valence-electron chi connectivity index (χ1n) is 9.36. The summed E-state index contributed by atoms with van der Waals surface area (Å²) in [5.74, 6) is -2.32. The monoisotopic (exact) mass is 452 g/mol. The maximum absolute atomic E-state index is 13.0. The lowest BCUT2D eigenvalue weighted by Gasteiger charge is -2.39. The van der Waals surface area contributed by atoms with Crippen molar-refractivity contribution in [2.75, 3.05) is 19.8 Å².